The van der Waals surface area contributed by atoms with E-state index < -0.39 is 15.8 Å². The Balaban J connectivity index is 1.90. The highest BCUT2D eigenvalue weighted by molar-refractivity contribution is 7.91. The maximum Gasteiger partial charge on any atom is 0.339 e. The topological polar surface area (TPSA) is 88.7 Å². The average molecular weight is 294 g/mol. The Labute approximate surface area is 116 Å². The normalized spacial score (nSPS) is 21.3. The first-order valence-corrected chi connectivity index (χ1v) is 8.17. The van der Waals surface area contributed by atoms with Gasteiger partial charge in [0.2, 0.25) is 0 Å². The van der Waals surface area contributed by atoms with Gasteiger partial charge in [0.25, 0.3) is 0 Å². The fraction of sp³-hybridized carbons (Fsp3) is 0.385. The molecule has 7 heteroatoms. The Kier molecular flexibility index (Phi) is 3.01. The van der Waals surface area contributed by atoms with E-state index in [0.717, 1.165) is 5.69 Å². The molecule has 0 radical (unpaired) electrons. The molecule has 0 spiro atoms. The van der Waals surface area contributed by atoms with E-state index in [2.05, 4.69) is 4.98 Å². The summed E-state index contributed by atoms with van der Waals surface area (Å²) in [7, 11) is -2.90. The predicted octanol–water partition coefficient (Wildman–Crippen LogP) is 1.01. The molecule has 1 atom stereocenters. The van der Waals surface area contributed by atoms with Gasteiger partial charge >= 0.3 is 5.97 Å². The summed E-state index contributed by atoms with van der Waals surface area (Å²) >= 11 is 0. The van der Waals surface area contributed by atoms with Crippen LogP contribution in [-0.2, 0) is 16.3 Å². The van der Waals surface area contributed by atoms with Crippen LogP contribution in [0.4, 0.5) is 0 Å². The van der Waals surface area contributed by atoms with Crippen molar-refractivity contribution in [3.8, 4) is 0 Å². The van der Waals surface area contributed by atoms with Crippen molar-refractivity contribution in [1.29, 1.82) is 0 Å². The molecule has 1 unspecified atom stereocenters. The van der Waals surface area contributed by atoms with Gasteiger partial charge in [-0.2, -0.15) is 0 Å². The van der Waals surface area contributed by atoms with Gasteiger partial charge in [0.15, 0.2) is 15.5 Å². The number of carboxylic acid groups (broad SMARTS) is 1. The molecule has 1 fully saturated rings. The Morgan fingerprint density at radius 2 is 2.30 bits per heavy atom. The first-order valence-electron chi connectivity index (χ1n) is 6.35. The zero-order valence-electron chi connectivity index (χ0n) is 10.7. The van der Waals surface area contributed by atoms with Gasteiger partial charge in [-0.05, 0) is 30.9 Å². The summed E-state index contributed by atoms with van der Waals surface area (Å²) in [6.45, 7) is 0. The lowest BCUT2D eigenvalue weighted by Crippen LogP contribution is -2.07. The van der Waals surface area contributed by atoms with Crippen molar-refractivity contribution < 1.29 is 18.3 Å². The average Bonchev–Trinajstić information content (AvgIpc) is 2.91. The minimum Gasteiger partial charge on any atom is -0.478 e. The monoisotopic (exact) mass is 294 g/mol. The summed E-state index contributed by atoms with van der Waals surface area (Å²) in [5.41, 5.74) is 1.29. The maximum absolute atomic E-state index is 11.4. The summed E-state index contributed by atoms with van der Waals surface area (Å²) in [6.07, 6.45) is 4.73. The van der Waals surface area contributed by atoms with E-state index in [0.29, 0.717) is 18.5 Å². The van der Waals surface area contributed by atoms with Crippen LogP contribution in [0.2, 0.25) is 0 Å². The second-order valence-corrected chi connectivity index (χ2v) is 7.39. The van der Waals surface area contributed by atoms with Gasteiger partial charge in [-0.3, -0.25) is 0 Å². The SMILES string of the molecule is O=C(O)c1cccn2cc(CC3CCS(=O)(=O)C3)nc12. The third-order valence-electron chi connectivity index (χ3n) is 3.59. The molecule has 2 aromatic heterocycles. The summed E-state index contributed by atoms with van der Waals surface area (Å²) in [5.74, 6) is -0.493. The van der Waals surface area contributed by atoms with E-state index in [9.17, 15) is 13.2 Å². The van der Waals surface area contributed by atoms with Crippen LogP contribution in [0.5, 0.6) is 0 Å². The lowest BCUT2D eigenvalue weighted by molar-refractivity contribution is 0.0698. The number of sulfone groups is 1. The molecule has 3 heterocycles. The molecular weight excluding hydrogens is 280 g/mol. The maximum atomic E-state index is 11.4. The number of fused-ring (bicyclic) bond motifs is 1. The minimum absolute atomic E-state index is 0.0817. The lowest BCUT2D eigenvalue weighted by Gasteiger charge is -2.03. The summed E-state index contributed by atoms with van der Waals surface area (Å²) in [6, 6.07) is 3.16. The molecule has 1 aliphatic rings. The standard InChI is InChI=1S/C13H14N2O4S/c16-13(17)11-2-1-4-15-7-10(14-12(11)15)6-9-3-5-20(18,19)8-9/h1-2,4,7,9H,3,5-6,8H2,(H,16,17). The third-order valence-corrected chi connectivity index (χ3v) is 5.42. The van der Waals surface area contributed by atoms with Crippen molar-refractivity contribution in [3.05, 3.63) is 35.8 Å². The van der Waals surface area contributed by atoms with Crippen LogP contribution in [-0.4, -0.2) is 40.4 Å². The highest BCUT2D eigenvalue weighted by Crippen LogP contribution is 2.23. The van der Waals surface area contributed by atoms with Crippen LogP contribution in [0.25, 0.3) is 5.65 Å². The van der Waals surface area contributed by atoms with Crippen molar-refractivity contribution in [2.45, 2.75) is 12.8 Å². The molecule has 106 valence electrons. The molecule has 3 rings (SSSR count). The second kappa shape index (κ2) is 4.59. The molecule has 1 aliphatic heterocycles. The zero-order chi connectivity index (χ0) is 14.3. The molecule has 1 N–H and O–H groups in total. The van der Waals surface area contributed by atoms with Crippen molar-refractivity contribution in [3.63, 3.8) is 0 Å². The van der Waals surface area contributed by atoms with E-state index in [4.69, 9.17) is 5.11 Å². The Hall–Kier alpha value is -1.89. The second-order valence-electron chi connectivity index (χ2n) is 5.16. The van der Waals surface area contributed by atoms with Crippen molar-refractivity contribution in [2.24, 2.45) is 5.92 Å². The number of hydrogen-bond donors (Lipinski definition) is 1. The van der Waals surface area contributed by atoms with Crippen LogP contribution in [0.1, 0.15) is 22.5 Å². The third kappa shape index (κ3) is 2.40. The van der Waals surface area contributed by atoms with Crippen LogP contribution in [0.15, 0.2) is 24.5 Å². The molecule has 0 saturated carbocycles. The molecule has 20 heavy (non-hydrogen) atoms. The molecule has 0 bridgehead atoms. The van der Waals surface area contributed by atoms with Gasteiger partial charge in [0, 0.05) is 12.4 Å². The van der Waals surface area contributed by atoms with Crippen LogP contribution < -0.4 is 0 Å². The zero-order valence-corrected chi connectivity index (χ0v) is 11.5. The van der Waals surface area contributed by atoms with Gasteiger partial charge in [-0.15, -0.1) is 0 Å². The molecule has 0 amide bonds. The number of nitrogens with zero attached hydrogens (tertiary/aromatic N) is 2. The predicted molar refractivity (Wildman–Crippen MR) is 72.6 cm³/mol. The van der Waals surface area contributed by atoms with Gasteiger partial charge in [-0.25, -0.2) is 18.2 Å². The summed E-state index contributed by atoms with van der Waals surface area (Å²) < 4.78 is 24.6. The minimum atomic E-state index is -2.90. The molecule has 0 aromatic carbocycles. The molecule has 2 aromatic rings. The van der Waals surface area contributed by atoms with E-state index >= 15 is 0 Å². The van der Waals surface area contributed by atoms with Gasteiger partial charge in [-0.1, -0.05) is 0 Å². The number of imidazole rings is 1. The first kappa shape index (κ1) is 13.1. The molecule has 1 saturated heterocycles. The highest BCUT2D eigenvalue weighted by atomic mass is 32.2. The first-order chi connectivity index (χ1) is 9.44. The molecule has 6 nitrogen and oxygen atoms in total. The van der Waals surface area contributed by atoms with Crippen molar-refractivity contribution in [2.75, 3.05) is 11.5 Å². The van der Waals surface area contributed by atoms with Gasteiger partial charge in [0.05, 0.1) is 17.2 Å². The van der Waals surface area contributed by atoms with E-state index in [1.54, 1.807) is 22.9 Å². The van der Waals surface area contributed by atoms with E-state index in [-0.39, 0.29) is 23.0 Å². The molecule has 0 aliphatic carbocycles. The number of pyridine rings is 1. The summed E-state index contributed by atoms with van der Waals surface area (Å²) in [4.78, 5) is 15.5. The Morgan fingerprint density at radius 1 is 1.50 bits per heavy atom. The van der Waals surface area contributed by atoms with Crippen LogP contribution in [0.3, 0.4) is 0 Å². The smallest absolute Gasteiger partial charge is 0.339 e. The summed E-state index contributed by atoms with van der Waals surface area (Å²) in [5, 5.41) is 9.11. The van der Waals surface area contributed by atoms with E-state index in [1.165, 1.54) is 6.07 Å². The van der Waals surface area contributed by atoms with Gasteiger partial charge < -0.3 is 9.51 Å². The Bertz CT molecular complexity index is 779. The number of hydrogen-bond acceptors (Lipinski definition) is 4. The number of carboxylic acids is 1. The number of aromatic carboxylic acids is 1. The highest BCUT2D eigenvalue weighted by Gasteiger charge is 2.28. The van der Waals surface area contributed by atoms with Crippen molar-refractivity contribution >= 4 is 21.5 Å². The largest absolute Gasteiger partial charge is 0.478 e. The number of aromatic nitrogens is 2. The van der Waals surface area contributed by atoms with Crippen LogP contribution in [0, 0.1) is 5.92 Å². The fourth-order valence-corrected chi connectivity index (χ4v) is 4.52. The lowest BCUT2D eigenvalue weighted by atomic mass is 10.0. The quantitative estimate of drug-likeness (QED) is 0.912. The van der Waals surface area contributed by atoms with Crippen molar-refractivity contribution in [1.82, 2.24) is 9.38 Å². The van der Waals surface area contributed by atoms with Gasteiger partial charge in [0.1, 0.15) is 5.56 Å². The Morgan fingerprint density at radius 3 is 2.95 bits per heavy atom. The van der Waals surface area contributed by atoms with E-state index in [1.807, 2.05) is 0 Å². The molecular formula is C13H14N2O4S. The van der Waals surface area contributed by atoms with Crippen LogP contribution >= 0.6 is 0 Å². The number of carbonyl (C=O) groups is 1. The number of rotatable bonds is 3. The fourth-order valence-electron chi connectivity index (χ4n) is 2.66.